The van der Waals surface area contributed by atoms with E-state index in [-0.39, 0.29) is 30.0 Å². The van der Waals surface area contributed by atoms with Crippen molar-refractivity contribution in [2.24, 2.45) is 0 Å². The summed E-state index contributed by atoms with van der Waals surface area (Å²) in [5.74, 6) is 0.299. The molecule has 8 heteroatoms. The van der Waals surface area contributed by atoms with E-state index in [9.17, 15) is 13.2 Å². The van der Waals surface area contributed by atoms with Gasteiger partial charge in [-0.1, -0.05) is 30.3 Å². The molecule has 0 spiro atoms. The Bertz CT molecular complexity index is 808. The predicted molar refractivity (Wildman–Crippen MR) is 94.0 cm³/mol. The second kappa shape index (κ2) is 7.59. The zero-order valence-corrected chi connectivity index (χ0v) is 15.0. The molecule has 25 heavy (non-hydrogen) atoms. The quantitative estimate of drug-likeness (QED) is 0.708. The van der Waals surface area contributed by atoms with Crippen LogP contribution in [0.1, 0.15) is 17.4 Å². The summed E-state index contributed by atoms with van der Waals surface area (Å²) in [5.41, 5.74) is 1.02. The van der Waals surface area contributed by atoms with Crippen LogP contribution in [0.5, 0.6) is 0 Å². The van der Waals surface area contributed by atoms with Crippen molar-refractivity contribution in [1.29, 1.82) is 0 Å². The number of hydrogen-bond acceptors (Lipinski definition) is 4. The van der Waals surface area contributed by atoms with Crippen LogP contribution in [0, 0.1) is 0 Å². The van der Waals surface area contributed by atoms with Crippen molar-refractivity contribution in [2.45, 2.75) is 17.5 Å². The normalized spacial score (nSPS) is 23.2. The predicted octanol–water partition coefficient (Wildman–Crippen LogP) is 0.453. The van der Waals surface area contributed by atoms with Gasteiger partial charge in [0.15, 0.2) is 28.2 Å². The van der Waals surface area contributed by atoms with Gasteiger partial charge in [0.05, 0.1) is 29.2 Å². The van der Waals surface area contributed by atoms with E-state index in [1.807, 2.05) is 41.7 Å². The summed E-state index contributed by atoms with van der Waals surface area (Å²) in [5, 5.41) is 4.00. The van der Waals surface area contributed by atoms with Crippen molar-refractivity contribution < 1.29 is 22.9 Å². The van der Waals surface area contributed by atoms with Gasteiger partial charge in [-0.25, -0.2) is 8.42 Å². The molecule has 2 aromatic rings. The van der Waals surface area contributed by atoms with E-state index in [0.29, 0.717) is 0 Å². The third-order valence-electron chi connectivity index (χ3n) is 4.18. The van der Waals surface area contributed by atoms with Crippen LogP contribution in [-0.2, 0) is 14.6 Å². The molecule has 1 aromatic carbocycles. The monoisotopic (exact) mass is 383 g/mol. The Labute approximate surface area is 151 Å². The van der Waals surface area contributed by atoms with Crippen LogP contribution in [0.4, 0.5) is 0 Å². The highest BCUT2D eigenvalue weighted by atomic mass is 35.5. The standard InChI is InChI=1S/C17H19ClN2O4S/c18-13-10-25(22,23)11-14(13)20-16(21)9-19-17(15-7-4-8-24-15)12-5-2-1-3-6-12/h1-8,13-14,17,19H,9-11H2,(H,20,21)/p+1/t13-,14+,17-/m0/s1. The Balaban J connectivity index is 1.63. The summed E-state index contributed by atoms with van der Waals surface area (Å²) >= 11 is 6.03. The highest BCUT2D eigenvalue weighted by Gasteiger charge is 2.37. The minimum Gasteiger partial charge on any atom is -0.463 e. The summed E-state index contributed by atoms with van der Waals surface area (Å²) in [4.78, 5) is 12.2. The number of sulfone groups is 1. The zero-order chi connectivity index (χ0) is 17.9. The molecule has 3 atom stereocenters. The number of quaternary nitrogens is 1. The molecule has 1 aliphatic rings. The lowest BCUT2D eigenvalue weighted by molar-refractivity contribution is -0.678. The minimum atomic E-state index is -3.17. The first-order valence-corrected chi connectivity index (χ1v) is 10.3. The number of carbonyl (C=O) groups excluding carboxylic acids is 1. The molecule has 3 N–H and O–H groups in total. The average Bonchev–Trinajstić information content (AvgIpc) is 3.17. The van der Waals surface area contributed by atoms with Crippen molar-refractivity contribution in [2.75, 3.05) is 18.1 Å². The van der Waals surface area contributed by atoms with Crippen molar-refractivity contribution in [1.82, 2.24) is 5.32 Å². The second-order valence-electron chi connectivity index (χ2n) is 6.11. The van der Waals surface area contributed by atoms with Gasteiger partial charge in [0, 0.05) is 5.56 Å². The summed E-state index contributed by atoms with van der Waals surface area (Å²) < 4.78 is 28.7. The van der Waals surface area contributed by atoms with Gasteiger partial charge in [-0.3, -0.25) is 4.79 Å². The summed E-state index contributed by atoms with van der Waals surface area (Å²) in [6, 6.07) is 12.7. The topological polar surface area (TPSA) is 93.0 Å². The molecular weight excluding hydrogens is 364 g/mol. The average molecular weight is 384 g/mol. The van der Waals surface area contributed by atoms with Gasteiger partial charge in [0.2, 0.25) is 0 Å². The van der Waals surface area contributed by atoms with Gasteiger partial charge >= 0.3 is 0 Å². The first-order chi connectivity index (χ1) is 11.9. The Morgan fingerprint density at radius 1 is 1.24 bits per heavy atom. The van der Waals surface area contributed by atoms with E-state index >= 15 is 0 Å². The maximum absolute atomic E-state index is 12.2. The molecule has 1 amide bonds. The Morgan fingerprint density at radius 2 is 2.00 bits per heavy atom. The summed E-state index contributed by atoms with van der Waals surface area (Å²) in [6.07, 6.45) is 1.60. The third kappa shape index (κ3) is 4.62. The number of hydrogen-bond donors (Lipinski definition) is 2. The third-order valence-corrected chi connectivity index (χ3v) is 6.55. The van der Waals surface area contributed by atoms with Gasteiger partial charge < -0.3 is 15.1 Å². The lowest BCUT2D eigenvalue weighted by atomic mass is 10.0. The first-order valence-electron chi connectivity index (χ1n) is 8.00. The van der Waals surface area contributed by atoms with E-state index in [4.69, 9.17) is 16.0 Å². The summed E-state index contributed by atoms with van der Waals surface area (Å²) in [6.45, 7) is 0.139. The molecule has 0 radical (unpaired) electrons. The molecule has 0 unspecified atom stereocenters. The van der Waals surface area contributed by atoms with E-state index < -0.39 is 21.3 Å². The van der Waals surface area contributed by atoms with E-state index in [1.165, 1.54) is 0 Å². The molecule has 0 bridgehead atoms. The zero-order valence-electron chi connectivity index (χ0n) is 13.5. The number of rotatable bonds is 6. The number of alkyl halides is 1. The fourth-order valence-electron chi connectivity index (χ4n) is 2.97. The lowest BCUT2D eigenvalue weighted by Gasteiger charge is -2.16. The van der Waals surface area contributed by atoms with Crippen LogP contribution >= 0.6 is 11.6 Å². The molecule has 1 saturated heterocycles. The van der Waals surface area contributed by atoms with Gasteiger partial charge in [-0.15, -0.1) is 11.6 Å². The largest absolute Gasteiger partial charge is 0.463 e. The molecule has 1 aliphatic heterocycles. The van der Waals surface area contributed by atoms with E-state index in [1.54, 1.807) is 12.3 Å². The lowest BCUT2D eigenvalue weighted by Crippen LogP contribution is -2.88. The van der Waals surface area contributed by atoms with E-state index in [0.717, 1.165) is 11.3 Å². The molecular formula is C17H20ClN2O4S+. The molecule has 2 heterocycles. The fourth-order valence-corrected chi connectivity index (χ4v) is 5.52. The van der Waals surface area contributed by atoms with Gasteiger partial charge in [0.1, 0.15) is 0 Å². The maximum atomic E-state index is 12.2. The highest BCUT2D eigenvalue weighted by Crippen LogP contribution is 2.19. The van der Waals surface area contributed by atoms with Crippen molar-refractivity contribution >= 4 is 27.3 Å². The Kier molecular flexibility index (Phi) is 5.46. The first kappa shape index (κ1) is 18.0. The number of halogens is 1. The smallest absolute Gasteiger partial charge is 0.275 e. The second-order valence-corrected chi connectivity index (χ2v) is 8.82. The Hall–Kier alpha value is -1.83. The van der Waals surface area contributed by atoms with Gasteiger partial charge in [0.25, 0.3) is 5.91 Å². The van der Waals surface area contributed by atoms with Crippen LogP contribution < -0.4 is 10.6 Å². The molecule has 0 aliphatic carbocycles. The maximum Gasteiger partial charge on any atom is 0.275 e. The van der Waals surface area contributed by atoms with Crippen molar-refractivity contribution in [3.63, 3.8) is 0 Å². The summed E-state index contributed by atoms with van der Waals surface area (Å²) in [7, 11) is -3.17. The van der Waals surface area contributed by atoms with Gasteiger partial charge in [-0.2, -0.15) is 0 Å². The van der Waals surface area contributed by atoms with Crippen LogP contribution in [0.15, 0.2) is 53.1 Å². The van der Waals surface area contributed by atoms with Crippen molar-refractivity contribution in [3.05, 3.63) is 60.1 Å². The van der Waals surface area contributed by atoms with Crippen LogP contribution in [-0.4, -0.2) is 43.8 Å². The van der Waals surface area contributed by atoms with E-state index in [2.05, 4.69) is 5.32 Å². The van der Waals surface area contributed by atoms with Crippen LogP contribution in [0.3, 0.4) is 0 Å². The number of amides is 1. The van der Waals surface area contributed by atoms with Gasteiger partial charge in [-0.05, 0) is 12.1 Å². The molecule has 1 aromatic heterocycles. The minimum absolute atomic E-state index is 0.0950. The number of furan rings is 1. The molecule has 0 saturated carbocycles. The molecule has 6 nitrogen and oxygen atoms in total. The van der Waals surface area contributed by atoms with Crippen LogP contribution in [0.2, 0.25) is 0 Å². The van der Waals surface area contributed by atoms with Crippen LogP contribution in [0.25, 0.3) is 0 Å². The van der Waals surface area contributed by atoms with Crippen molar-refractivity contribution in [3.8, 4) is 0 Å². The number of benzene rings is 1. The number of nitrogens with two attached hydrogens (primary N) is 1. The molecule has 1 fully saturated rings. The SMILES string of the molecule is O=C(C[NH2+][C@@H](c1ccccc1)c1ccco1)N[C@@H]1CS(=O)(=O)C[C@@H]1Cl. The highest BCUT2D eigenvalue weighted by molar-refractivity contribution is 7.91. The molecule has 134 valence electrons. The fraction of sp³-hybridized carbons (Fsp3) is 0.353. The number of carbonyl (C=O) groups is 1. The number of nitrogens with one attached hydrogen (secondary N) is 1. The molecule has 3 rings (SSSR count). The Morgan fingerprint density at radius 3 is 2.60 bits per heavy atom.